The predicted octanol–water partition coefficient (Wildman–Crippen LogP) is 7.62. The van der Waals surface area contributed by atoms with Crippen molar-refractivity contribution < 1.29 is 28.8 Å². The third-order valence-corrected chi connectivity index (χ3v) is 8.97. The molecular formula is C33H37IO6. The molecule has 0 spiro atoms. The molecule has 3 aromatic rings. The van der Waals surface area contributed by atoms with Crippen molar-refractivity contribution in [2.45, 2.75) is 82.1 Å². The number of benzene rings is 3. The van der Waals surface area contributed by atoms with Crippen LogP contribution in [0.5, 0.6) is 17.2 Å². The summed E-state index contributed by atoms with van der Waals surface area (Å²) in [4.78, 5) is 0. The quantitative estimate of drug-likeness (QED) is 0.264. The van der Waals surface area contributed by atoms with E-state index in [0.717, 1.165) is 71.1 Å². The first-order chi connectivity index (χ1) is 19.5. The number of rotatable bonds is 7. The molecule has 3 aliphatic rings. The molecule has 5 unspecified atom stereocenters. The fraction of sp³-hybridized carbons (Fsp3) is 0.455. The molecule has 0 radical (unpaired) electrons. The van der Waals surface area contributed by atoms with E-state index in [1.54, 1.807) is 0 Å². The molecule has 0 bridgehead atoms. The highest BCUT2D eigenvalue weighted by Crippen LogP contribution is 2.56. The van der Waals surface area contributed by atoms with Crippen LogP contribution in [0.1, 0.15) is 80.6 Å². The molecule has 212 valence electrons. The number of hydrogen-bond donors (Lipinski definition) is 1. The van der Waals surface area contributed by atoms with Crippen molar-refractivity contribution in [3.63, 3.8) is 0 Å². The minimum atomic E-state index is -1.21. The molecule has 6 nitrogen and oxygen atoms in total. The minimum Gasteiger partial charge on any atom is -0.485 e. The maximum Gasteiger partial charge on any atom is 0.199 e. The molecule has 0 amide bonds. The normalized spacial score (nSPS) is 28.3. The molecule has 1 N–H and O–H groups in total. The van der Waals surface area contributed by atoms with Gasteiger partial charge in [-0.15, -0.1) is 0 Å². The van der Waals surface area contributed by atoms with Gasteiger partial charge in [0, 0.05) is 22.0 Å². The molecule has 6 rings (SSSR count). The minimum absolute atomic E-state index is 0.244. The lowest BCUT2D eigenvalue weighted by molar-refractivity contribution is -0.106. The van der Waals surface area contributed by atoms with Crippen molar-refractivity contribution in [3.8, 4) is 17.2 Å². The van der Waals surface area contributed by atoms with Crippen molar-refractivity contribution in [2.75, 3.05) is 13.2 Å². The average molecular weight is 657 g/mol. The third kappa shape index (κ3) is 5.84. The highest BCUT2D eigenvalue weighted by molar-refractivity contribution is 14.1. The summed E-state index contributed by atoms with van der Waals surface area (Å²) in [5, 5.41) is 12.6. The molecule has 3 heterocycles. The molecule has 5 atom stereocenters. The number of aliphatic hydroxyl groups is 1. The van der Waals surface area contributed by atoms with E-state index >= 15 is 0 Å². The van der Waals surface area contributed by atoms with Crippen LogP contribution in [0.25, 0.3) is 0 Å². The zero-order valence-electron chi connectivity index (χ0n) is 22.9. The van der Waals surface area contributed by atoms with Crippen molar-refractivity contribution in [1.29, 1.82) is 0 Å². The molecule has 3 aromatic carbocycles. The fourth-order valence-electron chi connectivity index (χ4n) is 6.11. The number of fused-ring (bicyclic) bond motifs is 1. The summed E-state index contributed by atoms with van der Waals surface area (Å²) in [7, 11) is 0. The SMILES string of the molecule is CCC1(O)c2cc(OC3CCCCO3)ccc2OC(c2ccc(I)cc2)C1c1cccc(OC2CCCCO2)c1. The van der Waals surface area contributed by atoms with Crippen LogP contribution in [0.2, 0.25) is 0 Å². The van der Waals surface area contributed by atoms with Gasteiger partial charge in [0.2, 0.25) is 0 Å². The van der Waals surface area contributed by atoms with Gasteiger partial charge in [-0.1, -0.05) is 31.2 Å². The first kappa shape index (κ1) is 27.8. The number of hydrogen-bond acceptors (Lipinski definition) is 6. The van der Waals surface area contributed by atoms with Crippen LogP contribution < -0.4 is 14.2 Å². The Balaban J connectivity index is 1.39. The standard InChI is InChI=1S/C33H37IO6/c1-2-33(35)27-21-26(39-30-11-4-6-19-37-30)16-17-28(27)40-32(22-12-14-24(34)15-13-22)31(33)23-8-7-9-25(20-23)38-29-10-3-5-18-36-29/h7-9,12-17,20-21,29-32,35H,2-6,10-11,18-19H2,1H3. The van der Waals surface area contributed by atoms with Crippen molar-refractivity contribution in [2.24, 2.45) is 0 Å². The average Bonchev–Trinajstić information content (AvgIpc) is 2.99. The monoisotopic (exact) mass is 656 g/mol. The molecule has 2 saturated heterocycles. The third-order valence-electron chi connectivity index (χ3n) is 8.25. The zero-order valence-corrected chi connectivity index (χ0v) is 25.0. The summed E-state index contributed by atoms with van der Waals surface area (Å²) in [6, 6.07) is 22.2. The van der Waals surface area contributed by atoms with E-state index in [4.69, 9.17) is 23.7 Å². The fourth-order valence-corrected chi connectivity index (χ4v) is 6.47. The Bertz CT molecular complexity index is 1280. The van der Waals surface area contributed by atoms with Crippen LogP contribution in [0.15, 0.2) is 66.7 Å². The van der Waals surface area contributed by atoms with Crippen molar-refractivity contribution in [1.82, 2.24) is 0 Å². The van der Waals surface area contributed by atoms with E-state index in [2.05, 4.69) is 52.9 Å². The Morgan fingerprint density at radius 3 is 2.12 bits per heavy atom. The smallest absolute Gasteiger partial charge is 0.199 e. The van der Waals surface area contributed by atoms with Crippen LogP contribution >= 0.6 is 22.6 Å². The van der Waals surface area contributed by atoms with E-state index in [9.17, 15) is 5.11 Å². The lowest BCUT2D eigenvalue weighted by Gasteiger charge is -2.46. The van der Waals surface area contributed by atoms with Gasteiger partial charge in [-0.2, -0.15) is 0 Å². The van der Waals surface area contributed by atoms with Gasteiger partial charge in [0.05, 0.1) is 19.1 Å². The lowest BCUT2D eigenvalue weighted by atomic mass is 9.69. The van der Waals surface area contributed by atoms with Gasteiger partial charge in [0.15, 0.2) is 12.6 Å². The molecular weight excluding hydrogens is 619 g/mol. The molecule has 40 heavy (non-hydrogen) atoms. The van der Waals surface area contributed by atoms with Crippen LogP contribution in [-0.2, 0) is 15.1 Å². The van der Waals surface area contributed by atoms with E-state index < -0.39 is 11.7 Å². The van der Waals surface area contributed by atoms with Gasteiger partial charge in [-0.3, -0.25) is 0 Å². The molecule has 0 aliphatic carbocycles. The van der Waals surface area contributed by atoms with Gasteiger partial charge in [0.25, 0.3) is 0 Å². The number of halogens is 1. The van der Waals surface area contributed by atoms with Crippen LogP contribution in [0.4, 0.5) is 0 Å². The van der Waals surface area contributed by atoms with Gasteiger partial charge in [0.1, 0.15) is 29.0 Å². The first-order valence-corrected chi connectivity index (χ1v) is 15.6. The Labute approximate surface area is 250 Å². The maximum atomic E-state index is 12.6. The maximum absolute atomic E-state index is 12.6. The van der Waals surface area contributed by atoms with Crippen molar-refractivity contribution in [3.05, 3.63) is 87.0 Å². The van der Waals surface area contributed by atoms with E-state index in [0.29, 0.717) is 24.5 Å². The highest BCUT2D eigenvalue weighted by atomic mass is 127. The summed E-state index contributed by atoms with van der Waals surface area (Å²) in [5.74, 6) is 1.70. The van der Waals surface area contributed by atoms with Gasteiger partial charge in [-0.05, 0) is 108 Å². The summed E-state index contributed by atoms with van der Waals surface area (Å²) in [5.41, 5.74) is 1.49. The van der Waals surface area contributed by atoms with Crippen LogP contribution in [-0.4, -0.2) is 30.9 Å². The van der Waals surface area contributed by atoms with Gasteiger partial charge in [-0.25, -0.2) is 0 Å². The second-order valence-electron chi connectivity index (χ2n) is 10.9. The lowest BCUT2D eigenvalue weighted by Crippen LogP contribution is -2.42. The Morgan fingerprint density at radius 2 is 1.50 bits per heavy atom. The van der Waals surface area contributed by atoms with Crippen LogP contribution in [0.3, 0.4) is 0 Å². The highest BCUT2D eigenvalue weighted by Gasteiger charge is 2.50. The summed E-state index contributed by atoms with van der Waals surface area (Å²) in [6.07, 6.45) is 5.63. The van der Waals surface area contributed by atoms with E-state index in [1.807, 2.05) is 43.3 Å². The zero-order chi connectivity index (χ0) is 27.5. The first-order valence-electron chi connectivity index (χ1n) is 14.5. The van der Waals surface area contributed by atoms with E-state index in [1.165, 1.54) is 0 Å². The molecule has 2 fully saturated rings. The Kier molecular flexibility index (Phi) is 8.53. The largest absolute Gasteiger partial charge is 0.485 e. The van der Waals surface area contributed by atoms with Crippen LogP contribution in [0, 0.1) is 3.57 Å². The second kappa shape index (κ2) is 12.3. The summed E-state index contributed by atoms with van der Waals surface area (Å²) < 4.78 is 32.0. The predicted molar refractivity (Wildman–Crippen MR) is 161 cm³/mol. The summed E-state index contributed by atoms with van der Waals surface area (Å²) in [6.45, 7) is 3.46. The molecule has 7 heteroatoms. The molecule has 0 saturated carbocycles. The van der Waals surface area contributed by atoms with Gasteiger partial charge >= 0.3 is 0 Å². The Hall–Kier alpha value is -2.33. The molecule has 0 aromatic heterocycles. The number of ether oxygens (including phenoxy) is 5. The van der Waals surface area contributed by atoms with Crippen molar-refractivity contribution >= 4 is 22.6 Å². The van der Waals surface area contributed by atoms with E-state index in [-0.39, 0.29) is 18.5 Å². The Morgan fingerprint density at radius 1 is 0.825 bits per heavy atom. The molecule has 3 aliphatic heterocycles. The topological polar surface area (TPSA) is 66.4 Å². The summed E-state index contributed by atoms with van der Waals surface area (Å²) >= 11 is 2.31. The van der Waals surface area contributed by atoms with Gasteiger partial charge < -0.3 is 28.8 Å². The second-order valence-corrected chi connectivity index (χ2v) is 12.1.